The van der Waals surface area contributed by atoms with Crippen LogP contribution in [0.2, 0.25) is 0 Å². The molecule has 0 fully saturated rings. The molecule has 0 radical (unpaired) electrons. The van der Waals surface area contributed by atoms with Gasteiger partial charge in [0, 0.05) is 24.7 Å². The highest BCUT2D eigenvalue weighted by Crippen LogP contribution is 2.13. The van der Waals surface area contributed by atoms with Gasteiger partial charge >= 0.3 is 0 Å². The molecule has 3 heteroatoms. The van der Waals surface area contributed by atoms with Crippen LogP contribution < -0.4 is 5.32 Å². The molecule has 2 N–H and O–H groups in total. The van der Waals surface area contributed by atoms with E-state index in [9.17, 15) is 5.11 Å². The van der Waals surface area contributed by atoms with Gasteiger partial charge < -0.3 is 10.4 Å². The van der Waals surface area contributed by atoms with Crippen molar-refractivity contribution in [2.24, 2.45) is 0 Å². The van der Waals surface area contributed by atoms with Crippen molar-refractivity contribution in [1.29, 1.82) is 0 Å². The Hall–Kier alpha value is -1.45. The molecule has 0 aliphatic carbocycles. The molecular weight excluding hydrogens is 224 g/mol. The highest BCUT2D eigenvalue weighted by Gasteiger charge is 2.02. The minimum absolute atomic E-state index is 0.239. The summed E-state index contributed by atoms with van der Waals surface area (Å²) >= 11 is 0. The summed E-state index contributed by atoms with van der Waals surface area (Å²) in [5.41, 5.74) is 2.24. The van der Waals surface area contributed by atoms with Crippen molar-refractivity contribution in [2.45, 2.75) is 32.4 Å². The molecule has 0 aliphatic heterocycles. The molecule has 0 aliphatic rings. The molecule has 0 amide bonds. The number of hydrogen-bond acceptors (Lipinski definition) is 3. The Kier molecular flexibility index (Phi) is 4.67. The van der Waals surface area contributed by atoms with Gasteiger partial charge in [0.2, 0.25) is 0 Å². The molecule has 0 saturated carbocycles. The average Bonchev–Trinajstić information content (AvgIpc) is 2.39. The van der Waals surface area contributed by atoms with Crippen LogP contribution in [-0.2, 0) is 6.54 Å². The van der Waals surface area contributed by atoms with Gasteiger partial charge in [-0.2, -0.15) is 0 Å². The van der Waals surface area contributed by atoms with Crippen LogP contribution in [-0.4, -0.2) is 22.7 Å². The van der Waals surface area contributed by atoms with E-state index in [4.69, 9.17) is 0 Å². The summed E-state index contributed by atoms with van der Waals surface area (Å²) in [6.07, 6.45) is 3.44. The van der Waals surface area contributed by atoms with E-state index in [-0.39, 0.29) is 6.10 Å². The predicted octanol–water partition coefficient (Wildman–Crippen LogP) is 2.49. The fourth-order valence-corrected chi connectivity index (χ4v) is 2.05. The second-order valence-corrected chi connectivity index (χ2v) is 4.60. The Labute approximate surface area is 108 Å². The number of hydrogen-bond donors (Lipinski definition) is 2. The van der Waals surface area contributed by atoms with Crippen LogP contribution in [0.5, 0.6) is 0 Å². The minimum Gasteiger partial charge on any atom is -0.392 e. The van der Waals surface area contributed by atoms with Gasteiger partial charge in [0.1, 0.15) is 0 Å². The summed E-state index contributed by atoms with van der Waals surface area (Å²) in [4.78, 5) is 4.29. The zero-order valence-corrected chi connectivity index (χ0v) is 10.8. The Morgan fingerprint density at radius 2 is 2.22 bits per heavy atom. The van der Waals surface area contributed by atoms with E-state index in [1.165, 1.54) is 5.56 Å². The van der Waals surface area contributed by atoms with Crippen LogP contribution in [0.15, 0.2) is 36.5 Å². The lowest BCUT2D eigenvalue weighted by atomic mass is 10.1. The van der Waals surface area contributed by atoms with Crippen LogP contribution in [0, 0.1) is 0 Å². The van der Waals surface area contributed by atoms with Crippen LogP contribution in [0.1, 0.15) is 25.3 Å². The third-order valence-electron chi connectivity index (χ3n) is 3.00. The van der Waals surface area contributed by atoms with Gasteiger partial charge in [-0.05, 0) is 30.2 Å². The molecule has 1 atom stereocenters. The smallest absolute Gasteiger partial charge is 0.0702 e. The van der Waals surface area contributed by atoms with Crippen molar-refractivity contribution in [1.82, 2.24) is 10.3 Å². The van der Waals surface area contributed by atoms with Gasteiger partial charge in [0.25, 0.3) is 0 Å². The highest BCUT2D eigenvalue weighted by molar-refractivity contribution is 5.78. The van der Waals surface area contributed by atoms with E-state index in [1.807, 2.05) is 12.1 Å². The fraction of sp³-hybridized carbons (Fsp3) is 0.400. The Balaban J connectivity index is 1.91. The number of nitrogens with one attached hydrogen (secondary N) is 1. The van der Waals surface area contributed by atoms with E-state index in [2.05, 4.69) is 35.4 Å². The summed E-state index contributed by atoms with van der Waals surface area (Å²) in [7, 11) is 0. The molecule has 3 nitrogen and oxygen atoms in total. The first-order chi connectivity index (χ1) is 8.79. The van der Waals surface area contributed by atoms with Gasteiger partial charge in [0.15, 0.2) is 0 Å². The number of benzene rings is 1. The largest absolute Gasteiger partial charge is 0.392 e. The fourth-order valence-electron chi connectivity index (χ4n) is 2.05. The SMILES string of the molecule is CCC[C@H](O)CNCc1ccc2ncccc2c1. The number of aromatic nitrogens is 1. The molecule has 1 aromatic heterocycles. The standard InChI is InChI=1S/C15H20N2O/c1-2-4-14(18)11-16-10-12-6-7-15-13(9-12)5-3-8-17-15/h3,5-9,14,16,18H,2,4,10-11H2,1H3/t14-/m0/s1. The first-order valence-corrected chi connectivity index (χ1v) is 6.52. The number of aliphatic hydroxyl groups is 1. The maximum atomic E-state index is 9.63. The quantitative estimate of drug-likeness (QED) is 0.820. The van der Waals surface area contributed by atoms with Crippen LogP contribution in [0.25, 0.3) is 10.9 Å². The van der Waals surface area contributed by atoms with Crippen LogP contribution >= 0.6 is 0 Å². The lowest BCUT2D eigenvalue weighted by molar-refractivity contribution is 0.160. The monoisotopic (exact) mass is 244 g/mol. The summed E-state index contributed by atoms with van der Waals surface area (Å²) in [6.45, 7) is 3.52. The summed E-state index contributed by atoms with van der Waals surface area (Å²) in [5, 5.41) is 14.1. The molecule has 96 valence electrons. The molecule has 1 heterocycles. The zero-order chi connectivity index (χ0) is 12.8. The molecule has 1 aromatic carbocycles. The van der Waals surface area contributed by atoms with Crippen molar-refractivity contribution in [3.8, 4) is 0 Å². The molecule has 0 bridgehead atoms. The van der Waals surface area contributed by atoms with Crippen molar-refractivity contribution in [3.63, 3.8) is 0 Å². The van der Waals surface area contributed by atoms with Crippen molar-refractivity contribution >= 4 is 10.9 Å². The van der Waals surface area contributed by atoms with Crippen molar-refractivity contribution in [2.75, 3.05) is 6.54 Å². The first kappa shape index (κ1) is 13.0. The molecule has 0 unspecified atom stereocenters. The predicted molar refractivity (Wildman–Crippen MR) is 74.4 cm³/mol. The van der Waals surface area contributed by atoms with Crippen molar-refractivity contribution < 1.29 is 5.11 Å². The van der Waals surface area contributed by atoms with Crippen LogP contribution in [0.3, 0.4) is 0 Å². The van der Waals surface area contributed by atoms with E-state index >= 15 is 0 Å². The molecule has 2 rings (SSSR count). The maximum absolute atomic E-state index is 9.63. The Bertz CT molecular complexity index is 499. The van der Waals surface area contributed by atoms with Gasteiger partial charge in [0.05, 0.1) is 11.6 Å². The van der Waals surface area contributed by atoms with Gasteiger partial charge in [-0.3, -0.25) is 4.98 Å². The van der Waals surface area contributed by atoms with E-state index in [1.54, 1.807) is 6.20 Å². The van der Waals surface area contributed by atoms with E-state index < -0.39 is 0 Å². The number of fused-ring (bicyclic) bond motifs is 1. The second kappa shape index (κ2) is 6.47. The summed E-state index contributed by atoms with van der Waals surface area (Å²) < 4.78 is 0. The van der Waals surface area contributed by atoms with E-state index in [0.717, 1.165) is 30.3 Å². The summed E-state index contributed by atoms with van der Waals surface area (Å²) in [6, 6.07) is 10.3. The lowest BCUT2D eigenvalue weighted by Crippen LogP contribution is -2.26. The van der Waals surface area contributed by atoms with Gasteiger partial charge in [-0.15, -0.1) is 0 Å². The number of rotatable bonds is 6. The minimum atomic E-state index is -0.239. The highest BCUT2D eigenvalue weighted by atomic mass is 16.3. The maximum Gasteiger partial charge on any atom is 0.0702 e. The average molecular weight is 244 g/mol. The summed E-state index contributed by atoms with van der Waals surface area (Å²) in [5.74, 6) is 0. The topological polar surface area (TPSA) is 45.1 Å². The van der Waals surface area contributed by atoms with Crippen LogP contribution in [0.4, 0.5) is 0 Å². The number of pyridine rings is 1. The number of nitrogens with zero attached hydrogens (tertiary/aromatic N) is 1. The van der Waals surface area contributed by atoms with Crippen molar-refractivity contribution in [3.05, 3.63) is 42.1 Å². The molecule has 2 aromatic rings. The second-order valence-electron chi connectivity index (χ2n) is 4.60. The van der Waals surface area contributed by atoms with E-state index in [0.29, 0.717) is 6.54 Å². The third kappa shape index (κ3) is 3.52. The van der Waals surface area contributed by atoms with Gasteiger partial charge in [-0.25, -0.2) is 0 Å². The van der Waals surface area contributed by atoms with Gasteiger partial charge in [-0.1, -0.05) is 25.5 Å². The molecule has 0 spiro atoms. The Morgan fingerprint density at radius 3 is 3.06 bits per heavy atom. The molecule has 18 heavy (non-hydrogen) atoms. The zero-order valence-electron chi connectivity index (χ0n) is 10.8. The number of aliphatic hydroxyl groups excluding tert-OH is 1. The molecular formula is C15H20N2O. The first-order valence-electron chi connectivity index (χ1n) is 6.52. The molecule has 0 saturated heterocycles. The lowest BCUT2D eigenvalue weighted by Gasteiger charge is -2.10. The normalized spacial score (nSPS) is 12.8. The third-order valence-corrected chi connectivity index (χ3v) is 3.00. The Morgan fingerprint density at radius 1 is 1.33 bits per heavy atom.